The second-order valence-electron chi connectivity index (χ2n) is 8.06. The third-order valence-electron chi connectivity index (χ3n) is 4.95. The van der Waals surface area contributed by atoms with E-state index in [0.717, 1.165) is 0 Å². The number of anilines is 1. The van der Waals surface area contributed by atoms with Gasteiger partial charge >= 0.3 is 29.8 Å². The second kappa shape index (κ2) is 13.8. The molecule has 1 aromatic rings. The van der Waals surface area contributed by atoms with Gasteiger partial charge in [0.2, 0.25) is 6.04 Å². The van der Waals surface area contributed by atoms with Gasteiger partial charge in [0.15, 0.2) is 0 Å². The molecule has 1 rings (SSSR count). The first kappa shape index (κ1) is 29.3. The molecule has 1 aromatic carbocycles. The number of carbonyl (C=O) groups is 5. The van der Waals surface area contributed by atoms with Crippen LogP contribution in [0.1, 0.15) is 12.5 Å². The number of nitrogens with one attached hydrogen (secondary N) is 1. The summed E-state index contributed by atoms with van der Waals surface area (Å²) in [5, 5.41) is 48.5. The topological polar surface area (TPSA) is 231 Å². The summed E-state index contributed by atoms with van der Waals surface area (Å²) in [6.07, 6.45) is 0.158. The van der Waals surface area contributed by atoms with E-state index in [1.807, 2.05) is 0 Å². The van der Waals surface area contributed by atoms with Crippen molar-refractivity contribution in [2.24, 2.45) is 0 Å². The molecule has 0 aromatic heterocycles. The Hall–Kier alpha value is -3.75. The number of hydrogen-bond donors (Lipinski definition) is 7. The van der Waals surface area contributed by atoms with Gasteiger partial charge in [-0.2, -0.15) is 0 Å². The summed E-state index contributed by atoms with van der Waals surface area (Å²) in [5.41, 5.74) is 6.87. The number of nitrogen functional groups attached to an aromatic ring is 1. The highest BCUT2D eigenvalue weighted by atomic mass is 16.4. The summed E-state index contributed by atoms with van der Waals surface area (Å²) < 4.78 is 0. The third-order valence-corrected chi connectivity index (χ3v) is 4.95. The van der Waals surface area contributed by atoms with Gasteiger partial charge in [0.25, 0.3) is 0 Å². The van der Waals surface area contributed by atoms with Crippen molar-refractivity contribution in [1.29, 1.82) is 0 Å². The molecule has 0 aliphatic carbocycles. The number of nitrogens with two attached hydrogens (primary N) is 1. The quantitative estimate of drug-likeness (QED) is 0.0962. The SMILES string of the molecule is C[C@@H](CN(CC(=O)O)C[C@H](Cc1ccc(N)cc1)N(CC(=O)O)CC(=O)O)NC(C(=O)O)C(=O)O. The van der Waals surface area contributed by atoms with Crippen molar-refractivity contribution < 1.29 is 49.5 Å². The highest BCUT2D eigenvalue weighted by Crippen LogP contribution is 2.14. The molecule has 0 spiro atoms. The number of carboxylic acids is 5. The number of nitrogens with zero attached hydrogens (tertiary/aromatic N) is 2. The van der Waals surface area contributed by atoms with E-state index in [-0.39, 0.29) is 19.5 Å². The minimum Gasteiger partial charge on any atom is -0.480 e. The number of carboxylic acid groups (broad SMARTS) is 5. The van der Waals surface area contributed by atoms with Crippen LogP contribution in [0.5, 0.6) is 0 Å². The summed E-state index contributed by atoms with van der Waals surface area (Å²) in [7, 11) is 0. The number of rotatable bonds is 17. The van der Waals surface area contributed by atoms with Crippen molar-refractivity contribution in [3.8, 4) is 0 Å². The van der Waals surface area contributed by atoms with Gasteiger partial charge in [-0.15, -0.1) is 0 Å². The maximum Gasteiger partial charge on any atom is 0.332 e. The van der Waals surface area contributed by atoms with Crippen molar-refractivity contribution in [3.05, 3.63) is 29.8 Å². The fraction of sp³-hybridized carbons (Fsp3) is 0.476. The van der Waals surface area contributed by atoms with Crippen LogP contribution in [-0.4, -0.2) is 116 Å². The van der Waals surface area contributed by atoms with Crippen LogP contribution in [0.4, 0.5) is 5.69 Å². The van der Waals surface area contributed by atoms with Gasteiger partial charge in [-0.1, -0.05) is 12.1 Å². The number of benzene rings is 1. The second-order valence-corrected chi connectivity index (χ2v) is 8.06. The Bertz CT molecular complexity index is 878. The van der Waals surface area contributed by atoms with Crippen LogP contribution in [-0.2, 0) is 30.4 Å². The zero-order chi connectivity index (χ0) is 26.7. The van der Waals surface area contributed by atoms with Gasteiger partial charge in [0, 0.05) is 30.9 Å². The van der Waals surface area contributed by atoms with Crippen LogP contribution >= 0.6 is 0 Å². The van der Waals surface area contributed by atoms with Crippen LogP contribution in [0.25, 0.3) is 0 Å². The lowest BCUT2D eigenvalue weighted by atomic mass is 10.0. The molecular weight excluding hydrogens is 468 g/mol. The van der Waals surface area contributed by atoms with E-state index in [1.54, 1.807) is 24.3 Å². The monoisotopic (exact) mass is 498 g/mol. The van der Waals surface area contributed by atoms with Crippen LogP contribution in [0.2, 0.25) is 0 Å². The normalized spacial score (nSPS) is 13.0. The van der Waals surface area contributed by atoms with Gasteiger partial charge in [-0.25, -0.2) is 9.59 Å². The van der Waals surface area contributed by atoms with Gasteiger partial charge in [0.05, 0.1) is 19.6 Å². The molecule has 0 amide bonds. The van der Waals surface area contributed by atoms with Crippen LogP contribution < -0.4 is 11.1 Å². The van der Waals surface area contributed by atoms with E-state index < -0.39 is 67.6 Å². The molecule has 0 aliphatic rings. The first-order chi connectivity index (χ1) is 16.3. The Kier molecular flexibility index (Phi) is 11.6. The molecule has 0 fully saturated rings. The van der Waals surface area contributed by atoms with Crippen molar-refractivity contribution >= 4 is 35.5 Å². The maximum absolute atomic E-state index is 11.5. The average molecular weight is 498 g/mol. The molecule has 35 heavy (non-hydrogen) atoms. The van der Waals surface area contributed by atoms with E-state index in [9.17, 15) is 39.3 Å². The summed E-state index contributed by atoms with van der Waals surface area (Å²) in [6, 6.07) is 3.10. The molecule has 0 saturated heterocycles. The minimum absolute atomic E-state index is 0.103. The fourth-order valence-electron chi connectivity index (χ4n) is 3.56. The predicted molar refractivity (Wildman–Crippen MR) is 121 cm³/mol. The van der Waals surface area contributed by atoms with Gasteiger partial charge in [-0.05, 0) is 31.0 Å². The van der Waals surface area contributed by atoms with Gasteiger partial charge < -0.3 is 31.3 Å². The molecule has 0 radical (unpaired) electrons. The van der Waals surface area contributed by atoms with E-state index in [0.29, 0.717) is 11.3 Å². The summed E-state index contributed by atoms with van der Waals surface area (Å²) in [6.45, 7) is -0.539. The van der Waals surface area contributed by atoms with Gasteiger partial charge in [0.1, 0.15) is 0 Å². The highest BCUT2D eigenvalue weighted by molar-refractivity contribution is 5.97. The molecule has 14 nitrogen and oxygen atoms in total. The zero-order valence-electron chi connectivity index (χ0n) is 19.0. The molecule has 14 heteroatoms. The lowest BCUT2D eigenvalue weighted by molar-refractivity contribution is -0.152. The largest absolute Gasteiger partial charge is 0.480 e. The number of aliphatic carboxylic acids is 5. The summed E-state index contributed by atoms with van der Waals surface area (Å²) >= 11 is 0. The molecule has 0 aliphatic heterocycles. The van der Waals surface area contributed by atoms with E-state index in [2.05, 4.69) is 5.32 Å². The van der Waals surface area contributed by atoms with Crippen LogP contribution in [0.15, 0.2) is 24.3 Å². The Morgan fingerprint density at radius 3 is 1.74 bits per heavy atom. The molecule has 194 valence electrons. The average Bonchev–Trinajstić information content (AvgIpc) is 2.71. The molecular formula is C21H30N4O10. The van der Waals surface area contributed by atoms with Crippen molar-refractivity contribution in [3.63, 3.8) is 0 Å². The highest BCUT2D eigenvalue weighted by Gasteiger charge is 2.30. The van der Waals surface area contributed by atoms with Crippen LogP contribution in [0, 0.1) is 0 Å². The lowest BCUT2D eigenvalue weighted by Gasteiger charge is -2.35. The standard InChI is InChI=1S/C21H30N4O10/c1-12(23-19(20(32)33)21(34)35)7-24(9-16(26)27)8-15(6-13-2-4-14(22)5-3-13)25(10-17(28)29)11-18(30)31/h2-5,12,15,19,23H,6-11,22H2,1H3,(H,26,27)(H,28,29)(H,30,31)(H,32,33)(H,34,35)/t12-,15-/m0/s1. The molecule has 0 bridgehead atoms. The number of hydrogen-bond acceptors (Lipinski definition) is 9. The lowest BCUT2D eigenvalue weighted by Crippen LogP contribution is -2.54. The Balaban J connectivity index is 3.21. The predicted octanol–water partition coefficient (Wildman–Crippen LogP) is -1.45. The summed E-state index contributed by atoms with van der Waals surface area (Å²) in [5.74, 6) is -7.04. The smallest absolute Gasteiger partial charge is 0.332 e. The Labute approximate surface area is 200 Å². The molecule has 0 saturated carbocycles. The first-order valence-electron chi connectivity index (χ1n) is 10.5. The fourth-order valence-corrected chi connectivity index (χ4v) is 3.56. The maximum atomic E-state index is 11.5. The summed E-state index contributed by atoms with van der Waals surface area (Å²) in [4.78, 5) is 59.1. The van der Waals surface area contributed by atoms with Crippen molar-refractivity contribution in [1.82, 2.24) is 15.1 Å². The molecule has 0 unspecified atom stereocenters. The first-order valence-corrected chi connectivity index (χ1v) is 10.5. The molecule has 8 N–H and O–H groups in total. The molecule has 2 atom stereocenters. The zero-order valence-corrected chi connectivity index (χ0v) is 19.0. The van der Waals surface area contributed by atoms with Crippen molar-refractivity contribution in [2.45, 2.75) is 31.5 Å². The Morgan fingerprint density at radius 2 is 1.31 bits per heavy atom. The van der Waals surface area contributed by atoms with Crippen LogP contribution in [0.3, 0.4) is 0 Å². The van der Waals surface area contributed by atoms with Crippen molar-refractivity contribution in [2.75, 3.05) is 38.5 Å². The molecule has 0 heterocycles. The Morgan fingerprint density at radius 1 is 0.829 bits per heavy atom. The van der Waals surface area contributed by atoms with Gasteiger partial charge in [-0.3, -0.25) is 29.5 Å². The minimum atomic E-state index is -1.92. The van der Waals surface area contributed by atoms with E-state index in [4.69, 9.17) is 15.9 Å². The van der Waals surface area contributed by atoms with E-state index >= 15 is 0 Å². The van der Waals surface area contributed by atoms with E-state index in [1.165, 1.54) is 16.7 Å². The third kappa shape index (κ3) is 11.3.